The Morgan fingerprint density at radius 3 is 2.70 bits per heavy atom. The molecule has 3 N–H and O–H groups in total. The van der Waals surface area contributed by atoms with E-state index in [-0.39, 0.29) is 17.8 Å². The zero-order chi connectivity index (χ0) is 19.0. The fourth-order valence-corrected chi connectivity index (χ4v) is 4.31. The molecule has 0 radical (unpaired) electrons. The highest BCUT2D eigenvalue weighted by Crippen LogP contribution is 2.38. The lowest BCUT2D eigenvalue weighted by molar-refractivity contribution is 0.240. The van der Waals surface area contributed by atoms with Crippen LogP contribution >= 0.6 is 27.3 Å². The number of nitrogens with one attached hydrogen (secondary N) is 2. The number of hydrogen-bond acceptors (Lipinski definition) is 4. The van der Waals surface area contributed by atoms with E-state index >= 15 is 0 Å². The number of allylic oxidation sites excluding steroid dienone is 1. The van der Waals surface area contributed by atoms with Crippen LogP contribution in [0.5, 0.6) is 5.75 Å². The lowest BCUT2D eigenvalue weighted by Crippen LogP contribution is -2.42. The molecule has 0 saturated heterocycles. The predicted molar refractivity (Wildman–Crippen MR) is 110 cm³/mol. The summed E-state index contributed by atoms with van der Waals surface area (Å²) in [6, 6.07) is 14.3. The van der Waals surface area contributed by atoms with E-state index in [1.54, 1.807) is 18.2 Å². The van der Waals surface area contributed by atoms with Crippen LogP contribution in [-0.2, 0) is 0 Å². The van der Waals surface area contributed by atoms with E-state index in [9.17, 15) is 9.90 Å². The smallest absolute Gasteiger partial charge is 0.319 e. The van der Waals surface area contributed by atoms with Crippen molar-refractivity contribution in [1.29, 1.82) is 0 Å². The SMILES string of the molecule is CC1=C(c2nc(-c3ccc(Br)cc3)cs2)C(c2cccc(O)c2)NC(=O)N1. The van der Waals surface area contributed by atoms with Crippen molar-refractivity contribution in [2.75, 3.05) is 0 Å². The molecule has 2 aromatic carbocycles. The average Bonchev–Trinajstić information content (AvgIpc) is 3.11. The monoisotopic (exact) mass is 441 g/mol. The van der Waals surface area contributed by atoms with E-state index < -0.39 is 0 Å². The van der Waals surface area contributed by atoms with Gasteiger partial charge >= 0.3 is 6.03 Å². The van der Waals surface area contributed by atoms with Crippen LogP contribution in [0.25, 0.3) is 16.8 Å². The number of phenolic OH excluding ortho intramolecular Hbond substituents is 1. The van der Waals surface area contributed by atoms with Gasteiger partial charge < -0.3 is 15.7 Å². The summed E-state index contributed by atoms with van der Waals surface area (Å²) in [4.78, 5) is 16.8. The molecule has 1 aromatic heterocycles. The topological polar surface area (TPSA) is 74.2 Å². The van der Waals surface area contributed by atoms with Crippen LogP contribution in [0.1, 0.15) is 23.5 Å². The summed E-state index contributed by atoms with van der Waals surface area (Å²) in [5, 5.41) is 18.4. The number of halogens is 1. The summed E-state index contributed by atoms with van der Waals surface area (Å²) < 4.78 is 1.02. The van der Waals surface area contributed by atoms with Gasteiger partial charge in [-0.3, -0.25) is 0 Å². The van der Waals surface area contributed by atoms with Crippen LogP contribution in [0.2, 0.25) is 0 Å². The molecule has 27 heavy (non-hydrogen) atoms. The number of amides is 2. The zero-order valence-electron chi connectivity index (χ0n) is 14.4. The van der Waals surface area contributed by atoms with Crippen LogP contribution < -0.4 is 10.6 Å². The Kier molecular flexibility index (Phi) is 4.72. The van der Waals surface area contributed by atoms with E-state index in [2.05, 4.69) is 26.6 Å². The fourth-order valence-electron chi connectivity index (χ4n) is 3.08. The Bertz CT molecular complexity index is 1040. The number of nitrogens with zero attached hydrogens (tertiary/aromatic N) is 1. The van der Waals surface area contributed by atoms with Gasteiger partial charge in [0, 0.05) is 26.7 Å². The molecule has 1 aliphatic rings. The van der Waals surface area contributed by atoms with Gasteiger partial charge in [-0.1, -0.05) is 40.2 Å². The lowest BCUT2D eigenvalue weighted by Gasteiger charge is -2.28. The molecule has 4 rings (SSSR count). The molecule has 0 spiro atoms. The molecule has 7 heteroatoms. The Morgan fingerprint density at radius 2 is 1.96 bits per heavy atom. The van der Waals surface area contributed by atoms with Gasteiger partial charge in [-0.25, -0.2) is 9.78 Å². The Balaban J connectivity index is 1.76. The number of aromatic nitrogens is 1. The molecular formula is C20H16BrN3O2S. The maximum Gasteiger partial charge on any atom is 0.319 e. The first-order chi connectivity index (χ1) is 13.0. The summed E-state index contributed by atoms with van der Waals surface area (Å²) in [5.41, 5.74) is 4.37. The molecule has 1 unspecified atom stereocenters. The number of benzene rings is 2. The fraction of sp³-hybridized carbons (Fsp3) is 0.100. The summed E-state index contributed by atoms with van der Waals surface area (Å²) in [6.45, 7) is 1.87. The van der Waals surface area contributed by atoms with Gasteiger partial charge in [0.25, 0.3) is 0 Å². The van der Waals surface area contributed by atoms with E-state index in [4.69, 9.17) is 4.98 Å². The number of phenols is 1. The molecule has 1 aliphatic heterocycles. The summed E-state index contributed by atoms with van der Waals surface area (Å²) in [5.74, 6) is 0.159. The second-order valence-electron chi connectivity index (χ2n) is 6.21. The normalized spacial score (nSPS) is 16.8. The van der Waals surface area contributed by atoms with Crippen molar-refractivity contribution in [3.63, 3.8) is 0 Å². The Hall–Kier alpha value is -2.64. The molecule has 0 saturated carbocycles. The maximum atomic E-state index is 12.0. The largest absolute Gasteiger partial charge is 0.508 e. The number of urea groups is 1. The van der Waals surface area contributed by atoms with Crippen molar-refractivity contribution in [3.8, 4) is 17.0 Å². The van der Waals surface area contributed by atoms with Crippen molar-refractivity contribution in [3.05, 3.63) is 74.7 Å². The Morgan fingerprint density at radius 1 is 1.19 bits per heavy atom. The minimum atomic E-state index is -0.380. The molecule has 1 atom stereocenters. The first-order valence-corrected chi connectivity index (χ1v) is 9.97. The first kappa shape index (κ1) is 17.8. The summed E-state index contributed by atoms with van der Waals surface area (Å²) in [7, 11) is 0. The standard InChI is InChI=1S/C20H16BrN3O2S/c1-11-17(18(24-20(26)22-11)13-3-2-4-15(25)9-13)19-23-16(10-27-19)12-5-7-14(21)8-6-12/h2-10,18,25H,1H3,(H2,22,24,26). The molecule has 136 valence electrons. The summed E-state index contributed by atoms with van der Waals surface area (Å²) >= 11 is 4.97. The highest BCUT2D eigenvalue weighted by molar-refractivity contribution is 9.10. The van der Waals surface area contributed by atoms with E-state index in [1.165, 1.54) is 11.3 Å². The molecule has 5 nitrogen and oxygen atoms in total. The van der Waals surface area contributed by atoms with Gasteiger partial charge in [0.1, 0.15) is 10.8 Å². The molecule has 0 bridgehead atoms. The molecule has 0 aliphatic carbocycles. The van der Waals surface area contributed by atoms with Crippen molar-refractivity contribution >= 4 is 38.9 Å². The number of rotatable bonds is 3. The van der Waals surface area contributed by atoms with Gasteiger partial charge in [0.2, 0.25) is 0 Å². The van der Waals surface area contributed by atoms with Gasteiger partial charge in [-0.2, -0.15) is 0 Å². The van der Waals surface area contributed by atoms with Crippen molar-refractivity contribution in [2.24, 2.45) is 0 Å². The molecule has 2 amide bonds. The van der Waals surface area contributed by atoms with Crippen molar-refractivity contribution in [1.82, 2.24) is 15.6 Å². The molecule has 2 heterocycles. The Labute approximate surface area is 168 Å². The van der Waals surface area contributed by atoms with E-state index in [0.29, 0.717) is 0 Å². The lowest BCUT2D eigenvalue weighted by atomic mass is 9.96. The van der Waals surface area contributed by atoms with Crippen LogP contribution in [0.3, 0.4) is 0 Å². The number of carbonyl (C=O) groups is 1. The van der Waals surface area contributed by atoms with Crippen LogP contribution in [0.15, 0.2) is 64.1 Å². The van der Waals surface area contributed by atoms with Crippen LogP contribution in [-0.4, -0.2) is 16.1 Å². The van der Waals surface area contributed by atoms with Crippen LogP contribution in [0, 0.1) is 0 Å². The highest BCUT2D eigenvalue weighted by Gasteiger charge is 2.29. The van der Waals surface area contributed by atoms with Crippen molar-refractivity contribution < 1.29 is 9.90 Å². The number of carbonyl (C=O) groups excluding carboxylic acids is 1. The first-order valence-electron chi connectivity index (χ1n) is 8.30. The molecular weight excluding hydrogens is 426 g/mol. The van der Waals surface area contributed by atoms with Gasteiger partial charge in [0.15, 0.2) is 0 Å². The maximum absolute atomic E-state index is 12.0. The number of hydrogen-bond donors (Lipinski definition) is 3. The van der Waals surface area contributed by atoms with Gasteiger partial charge in [-0.05, 0) is 36.8 Å². The minimum Gasteiger partial charge on any atom is -0.508 e. The van der Waals surface area contributed by atoms with E-state index in [1.807, 2.05) is 42.6 Å². The number of thiazole rings is 1. The molecule has 0 fully saturated rings. The highest BCUT2D eigenvalue weighted by atomic mass is 79.9. The quantitative estimate of drug-likeness (QED) is 0.531. The number of aromatic hydroxyl groups is 1. The van der Waals surface area contributed by atoms with Gasteiger partial charge in [0.05, 0.1) is 11.7 Å². The molecule has 3 aromatic rings. The third kappa shape index (κ3) is 3.61. The minimum absolute atomic E-state index is 0.159. The average molecular weight is 442 g/mol. The predicted octanol–water partition coefficient (Wildman–Crippen LogP) is 5.06. The van der Waals surface area contributed by atoms with Gasteiger partial charge in [-0.15, -0.1) is 11.3 Å². The summed E-state index contributed by atoms with van der Waals surface area (Å²) in [6.07, 6.45) is 0. The zero-order valence-corrected chi connectivity index (χ0v) is 16.8. The van der Waals surface area contributed by atoms with Crippen molar-refractivity contribution in [2.45, 2.75) is 13.0 Å². The third-order valence-electron chi connectivity index (χ3n) is 4.35. The second-order valence-corrected chi connectivity index (χ2v) is 7.98. The van der Waals surface area contributed by atoms with E-state index in [0.717, 1.165) is 37.6 Å². The second kappa shape index (κ2) is 7.17. The third-order valence-corrected chi connectivity index (χ3v) is 5.75. The van der Waals surface area contributed by atoms with Crippen LogP contribution in [0.4, 0.5) is 4.79 Å².